The van der Waals surface area contributed by atoms with Crippen LogP contribution < -0.4 is 10.3 Å². The van der Waals surface area contributed by atoms with Crippen LogP contribution in [0.15, 0.2) is 29.2 Å². The molecule has 2 heterocycles. The molecule has 1 fully saturated rings. The van der Waals surface area contributed by atoms with Crippen molar-refractivity contribution in [2.45, 2.75) is 31.5 Å². The highest BCUT2D eigenvalue weighted by Crippen LogP contribution is 2.30. The van der Waals surface area contributed by atoms with Gasteiger partial charge in [0, 0.05) is 6.20 Å². The number of phosphoric acid groups is 3. The Morgan fingerprint density at radius 1 is 0.892 bits per heavy atom. The maximum atomic E-state index is 13.8. The number of benzene rings is 1. The zero-order valence-electron chi connectivity index (χ0n) is 18.7. The standard InChI is InChI=1S/C15H16FNO5.3H3O4P/c1-7-12(18)13(19)15(22-7)17-4-3-8-5-11(21-2)10(16)6-9(8)14(17)20;3*1-5(2,3)4/h3-7,12-13,15,18-19H,1-2H3;3*(H3,1,2,3,4). The lowest BCUT2D eigenvalue weighted by Crippen LogP contribution is -2.34. The first-order valence-electron chi connectivity index (χ1n) is 9.19. The highest BCUT2D eigenvalue weighted by Gasteiger charge is 2.41. The Morgan fingerprint density at radius 3 is 1.68 bits per heavy atom. The van der Waals surface area contributed by atoms with Gasteiger partial charge in [-0.2, -0.15) is 0 Å². The average molecular weight is 603 g/mol. The SMILES string of the molecule is COc1cc2ccn(C3OC(C)C(O)C3O)c(=O)c2cc1F.O=P(O)(O)O.O=P(O)(O)O.O=P(O)(O)O. The van der Waals surface area contributed by atoms with E-state index in [4.69, 9.17) is 67.2 Å². The summed E-state index contributed by atoms with van der Waals surface area (Å²) < 4.78 is 51.9. The van der Waals surface area contributed by atoms with Crippen LogP contribution in [0.25, 0.3) is 10.8 Å². The highest BCUT2D eigenvalue weighted by atomic mass is 31.2. The molecule has 1 aliphatic heterocycles. The Hall–Kier alpha value is -1.63. The molecule has 0 amide bonds. The number of aliphatic hydroxyl groups is 2. The summed E-state index contributed by atoms with van der Waals surface area (Å²) in [5.41, 5.74) is -0.510. The van der Waals surface area contributed by atoms with E-state index < -0.39 is 59.4 Å². The van der Waals surface area contributed by atoms with Crippen LogP contribution in [-0.4, -0.2) is 84.2 Å². The molecule has 4 atom stereocenters. The molecule has 37 heavy (non-hydrogen) atoms. The van der Waals surface area contributed by atoms with Crippen LogP contribution in [0.2, 0.25) is 0 Å². The van der Waals surface area contributed by atoms with Crippen LogP contribution in [0.4, 0.5) is 4.39 Å². The fourth-order valence-electron chi connectivity index (χ4n) is 2.67. The molecule has 1 aromatic carbocycles. The lowest BCUT2D eigenvalue weighted by molar-refractivity contribution is -0.0339. The first kappa shape index (κ1) is 35.4. The van der Waals surface area contributed by atoms with E-state index in [-0.39, 0.29) is 11.1 Å². The molecule has 18 nitrogen and oxygen atoms in total. The third-order valence-corrected chi connectivity index (χ3v) is 3.95. The number of hydrogen-bond acceptors (Lipinski definition) is 8. The van der Waals surface area contributed by atoms with Gasteiger partial charge in [-0.3, -0.25) is 9.36 Å². The monoisotopic (exact) mass is 603 g/mol. The van der Waals surface area contributed by atoms with Gasteiger partial charge in [-0.25, -0.2) is 18.1 Å². The molecule has 0 bridgehead atoms. The fourth-order valence-corrected chi connectivity index (χ4v) is 2.67. The minimum Gasteiger partial charge on any atom is -0.494 e. The number of ether oxygens (including phenoxy) is 2. The third kappa shape index (κ3) is 14.8. The summed E-state index contributed by atoms with van der Waals surface area (Å²) in [5.74, 6) is -0.600. The van der Waals surface area contributed by atoms with E-state index in [1.165, 1.54) is 19.4 Å². The average Bonchev–Trinajstić information content (AvgIpc) is 2.92. The van der Waals surface area contributed by atoms with Gasteiger partial charge in [0.2, 0.25) is 0 Å². The highest BCUT2D eigenvalue weighted by molar-refractivity contribution is 7.45. The van der Waals surface area contributed by atoms with Crippen LogP contribution in [-0.2, 0) is 18.4 Å². The van der Waals surface area contributed by atoms with Crippen molar-refractivity contribution in [3.8, 4) is 5.75 Å². The summed E-state index contributed by atoms with van der Waals surface area (Å²) in [6.07, 6.45) is -2.48. The number of pyridine rings is 1. The Kier molecular flexibility index (Phi) is 13.3. The maximum absolute atomic E-state index is 13.8. The van der Waals surface area contributed by atoms with Gasteiger partial charge in [0.1, 0.15) is 12.2 Å². The van der Waals surface area contributed by atoms with Gasteiger partial charge in [-0.05, 0) is 30.5 Å². The van der Waals surface area contributed by atoms with E-state index in [1.54, 1.807) is 13.0 Å². The van der Waals surface area contributed by atoms with E-state index in [0.29, 0.717) is 5.39 Å². The van der Waals surface area contributed by atoms with Gasteiger partial charge in [-0.15, -0.1) is 0 Å². The molecule has 214 valence electrons. The topological polar surface area (TPSA) is 314 Å². The van der Waals surface area contributed by atoms with Gasteiger partial charge >= 0.3 is 23.5 Å². The number of aliphatic hydroxyl groups excluding tert-OH is 2. The Morgan fingerprint density at radius 2 is 1.32 bits per heavy atom. The second kappa shape index (κ2) is 14.0. The molecule has 11 N–H and O–H groups in total. The predicted molar refractivity (Wildman–Crippen MR) is 119 cm³/mol. The molecule has 0 radical (unpaired) electrons. The molecule has 0 aliphatic carbocycles. The zero-order chi connectivity index (χ0) is 29.5. The number of aromatic nitrogens is 1. The largest absolute Gasteiger partial charge is 0.494 e. The summed E-state index contributed by atoms with van der Waals surface area (Å²) in [7, 11) is -12.6. The molecular weight excluding hydrogens is 578 g/mol. The van der Waals surface area contributed by atoms with Gasteiger partial charge < -0.3 is 63.7 Å². The summed E-state index contributed by atoms with van der Waals surface area (Å²) in [6, 6.07) is 4.12. The van der Waals surface area contributed by atoms with Crippen molar-refractivity contribution in [2.24, 2.45) is 0 Å². The maximum Gasteiger partial charge on any atom is 0.466 e. The van der Waals surface area contributed by atoms with Gasteiger partial charge in [-0.1, -0.05) is 0 Å². The molecule has 1 saturated heterocycles. The smallest absolute Gasteiger partial charge is 0.466 e. The van der Waals surface area contributed by atoms with E-state index in [0.717, 1.165) is 10.6 Å². The van der Waals surface area contributed by atoms with Gasteiger partial charge in [0.05, 0.1) is 18.6 Å². The number of hydrogen-bond donors (Lipinski definition) is 11. The van der Waals surface area contributed by atoms with Gasteiger partial charge in [0.15, 0.2) is 17.8 Å². The molecule has 3 rings (SSSR count). The van der Waals surface area contributed by atoms with Crippen molar-refractivity contribution in [3.05, 3.63) is 40.6 Å². The number of halogens is 1. The molecule has 4 unspecified atom stereocenters. The molecule has 22 heteroatoms. The Balaban J connectivity index is 0.000000711. The number of rotatable bonds is 2. The summed E-state index contributed by atoms with van der Waals surface area (Å²) >= 11 is 0. The van der Waals surface area contributed by atoms with Crippen LogP contribution >= 0.6 is 23.5 Å². The normalized spacial score (nSPS) is 21.6. The second-order valence-corrected chi connectivity index (χ2v) is 9.93. The quantitative estimate of drug-likeness (QED) is 0.165. The van der Waals surface area contributed by atoms with Crippen molar-refractivity contribution < 1.29 is 81.8 Å². The summed E-state index contributed by atoms with van der Waals surface area (Å²) in [6.45, 7) is 1.60. The zero-order valence-corrected chi connectivity index (χ0v) is 21.3. The van der Waals surface area contributed by atoms with E-state index in [1.807, 2.05) is 0 Å². The van der Waals surface area contributed by atoms with Crippen LogP contribution in [0.3, 0.4) is 0 Å². The van der Waals surface area contributed by atoms with E-state index >= 15 is 0 Å². The van der Waals surface area contributed by atoms with Crippen LogP contribution in [0.5, 0.6) is 5.75 Å². The number of nitrogens with zero attached hydrogens (tertiary/aromatic N) is 1. The molecule has 0 spiro atoms. The van der Waals surface area contributed by atoms with Crippen LogP contribution in [0, 0.1) is 5.82 Å². The molecular formula is C15H25FNO17P3. The minimum absolute atomic E-state index is 0.0471. The molecule has 2 aromatic rings. The van der Waals surface area contributed by atoms with Crippen molar-refractivity contribution in [3.63, 3.8) is 0 Å². The molecule has 1 aliphatic rings. The Labute approximate surface area is 206 Å². The molecule has 1 aromatic heterocycles. The number of methoxy groups -OCH3 is 1. The Bertz CT molecular complexity index is 1160. The molecule has 0 saturated carbocycles. The van der Waals surface area contributed by atoms with Gasteiger partial charge in [0.25, 0.3) is 5.56 Å². The summed E-state index contributed by atoms with van der Waals surface area (Å²) in [5, 5.41) is 20.4. The van der Waals surface area contributed by atoms with Crippen molar-refractivity contribution in [1.82, 2.24) is 4.57 Å². The predicted octanol–water partition coefficient (Wildman–Crippen LogP) is -2.00. The van der Waals surface area contributed by atoms with E-state index in [2.05, 4.69) is 0 Å². The first-order valence-corrected chi connectivity index (χ1v) is 13.9. The fraction of sp³-hybridized carbons (Fsp3) is 0.400. The number of fused-ring (bicyclic) bond motifs is 1. The van der Waals surface area contributed by atoms with Crippen molar-refractivity contribution >= 4 is 34.2 Å². The van der Waals surface area contributed by atoms with Crippen molar-refractivity contribution in [2.75, 3.05) is 7.11 Å². The van der Waals surface area contributed by atoms with Crippen LogP contribution in [0.1, 0.15) is 13.2 Å². The minimum atomic E-state index is -4.64. The van der Waals surface area contributed by atoms with Crippen molar-refractivity contribution in [1.29, 1.82) is 0 Å². The second-order valence-electron chi connectivity index (χ2n) is 6.85. The summed E-state index contributed by atoms with van der Waals surface area (Å²) in [4.78, 5) is 77.2. The first-order chi connectivity index (χ1) is 16.4. The van der Waals surface area contributed by atoms with E-state index in [9.17, 15) is 19.4 Å². The lowest BCUT2D eigenvalue weighted by Gasteiger charge is -2.18. The third-order valence-electron chi connectivity index (χ3n) is 3.95. The lowest BCUT2D eigenvalue weighted by atomic mass is 10.1.